The second-order valence-corrected chi connectivity index (χ2v) is 10.3. The smallest absolute Gasteiger partial charge is 0.193 e. The van der Waals surface area contributed by atoms with Crippen molar-refractivity contribution in [2.24, 2.45) is 9.98 Å². The first-order chi connectivity index (χ1) is 18.4. The number of benzene rings is 2. The minimum atomic E-state index is -0.144. The summed E-state index contributed by atoms with van der Waals surface area (Å²) in [6.45, 7) is 11.1. The van der Waals surface area contributed by atoms with Gasteiger partial charge in [0.1, 0.15) is 17.4 Å². The molecule has 2 aromatic carbocycles. The number of nitrogens with one attached hydrogen (secondary N) is 1. The first-order valence-electron chi connectivity index (χ1n) is 13.8. The van der Waals surface area contributed by atoms with Crippen LogP contribution in [0, 0.1) is 27.7 Å². The Morgan fingerprint density at radius 1 is 0.763 bits per heavy atom. The third-order valence-electron chi connectivity index (χ3n) is 6.91. The first-order valence-corrected chi connectivity index (χ1v) is 13.8. The van der Waals surface area contributed by atoms with Gasteiger partial charge in [0.25, 0.3) is 0 Å². The Morgan fingerprint density at radius 3 is 1.89 bits per heavy atom. The summed E-state index contributed by atoms with van der Waals surface area (Å²) in [5, 5.41) is 3.44. The number of nitrogens with zero attached hydrogens (tertiary/aromatic N) is 2. The van der Waals surface area contributed by atoms with Crippen molar-refractivity contribution < 1.29 is 9.53 Å². The maximum atomic E-state index is 13.2. The lowest BCUT2D eigenvalue weighted by Crippen LogP contribution is -2.36. The van der Waals surface area contributed by atoms with Crippen molar-refractivity contribution in [3.63, 3.8) is 0 Å². The first kappa shape index (κ1) is 27.3. The van der Waals surface area contributed by atoms with Crippen molar-refractivity contribution in [1.82, 2.24) is 5.32 Å². The number of hydrogen-bond acceptors (Lipinski definition) is 5. The van der Waals surface area contributed by atoms with Crippen LogP contribution >= 0.6 is 0 Å². The van der Waals surface area contributed by atoms with Crippen LogP contribution in [0.2, 0.25) is 0 Å². The maximum Gasteiger partial charge on any atom is 0.193 e. The number of ketones is 1. The molecular formula is C33H39N3O2. The van der Waals surface area contributed by atoms with E-state index in [0.717, 1.165) is 35.1 Å². The zero-order chi connectivity index (χ0) is 27.1. The van der Waals surface area contributed by atoms with Gasteiger partial charge in [0.05, 0.1) is 12.2 Å². The van der Waals surface area contributed by atoms with E-state index >= 15 is 0 Å². The predicted molar refractivity (Wildman–Crippen MR) is 157 cm³/mol. The molecular weight excluding hydrogens is 470 g/mol. The van der Waals surface area contributed by atoms with Gasteiger partial charge in [-0.05, 0) is 57.4 Å². The summed E-state index contributed by atoms with van der Waals surface area (Å²) in [5.74, 6) is 2.23. The highest BCUT2D eigenvalue weighted by Gasteiger charge is 2.23. The SMILES string of the molecule is CCCCCCCCOC1=CC(=O)C(=C2N=C(c3ccc(C)cc3C)NC(c3ccc(C)cc3C)=N2)C=C1. The molecule has 2 aliphatic rings. The van der Waals surface area contributed by atoms with Crippen LogP contribution in [0.15, 0.2) is 81.8 Å². The highest BCUT2D eigenvalue weighted by Crippen LogP contribution is 2.24. The Bertz CT molecular complexity index is 1290. The summed E-state index contributed by atoms with van der Waals surface area (Å²) in [5.41, 5.74) is 7.02. The van der Waals surface area contributed by atoms with Crippen LogP contribution in [0.3, 0.4) is 0 Å². The molecule has 1 heterocycles. The molecule has 0 amide bonds. The van der Waals surface area contributed by atoms with Gasteiger partial charge in [0.2, 0.25) is 0 Å². The second-order valence-electron chi connectivity index (χ2n) is 10.3. The van der Waals surface area contributed by atoms with Crippen LogP contribution in [0.1, 0.15) is 78.8 Å². The quantitative estimate of drug-likeness (QED) is 0.269. The lowest BCUT2D eigenvalue weighted by molar-refractivity contribution is -0.111. The minimum absolute atomic E-state index is 0.144. The van der Waals surface area contributed by atoms with Gasteiger partial charge in [0.15, 0.2) is 11.6 Å². The molecule has 198 valence electrons. The third kappa shape index (κ3) is 6.77. The zero-order valence-corrected chi connectivity index (χ0v) is 23.4. The van der Waals surface area contributed by atoms with Crippen LogP contribution in [0.25, 0.3) is 0 Å². The van der Waals surface area contributed by atoms with Crippen molar-refractivity contribution in [2.45, 2.75) is 73.1 Å². The van der Waals surface area contributed by atoms with Gasteiger partial charge >= 0.3 is 0 Å². The Balaban J connectivity index is 1.60. The van der Waals surface area contributed by atoms with Crippen LogP contribution < -0.4 is 5.32 Å². The van der Waals surface area contributed by atoms with Gasteiger partial charge in [-0.1, -0.05) is 86.6 Å². The molecule has 0 unspecified atom stereocenters. The van der Waals surface area contributed by atoms with Crippen LogP contribution in [0.5, 0.6) is 0 Å². The molecule has 5 nitrogen and oxygen atoms in total. The molecule has 0 bridgehead atoms. The van der Waals surface area contributed by atoms with E-state index in [4.69, 9.17) is 14.7 Å². The van der Waals surface area contributed by atoms with Crippen molar-refractivity contribution in [1.29, 1.82) is 0 Å². The fraction of sp³-hybridized carbons (Fsp3) is 0.364. The Hall–Kier alpha value is -3.73. The Kier molecular flexibility index (Phi) is 9.11. The number of carbonyl (C=O) groups excluding carboxylic acids is 1. The molecule has 0 saturated heterocycles. The number of allylic oxidation sites excluding steroid dienone is 4. The number of unbranched alkanes of at least 4 members (excludes halogenated alkanes) is 5. The maximum absolute atomic E-state index is 13.2. The van der Waals surface area contributed by atoms with Gasteiger partial charge in [-0.25, -0.2) is 9.98 Å². The molecule has 1 aliphatic carbocycles. The van der Waals surface area contributed by atoms with Gasteiger partial charge in [-0.3, -0.25) is 4.79 Å². The highest BCUT2D eigenvalue weighted by atomic mass is 16.5. The Morgan fingerprint density at radius 2 is 1.34 bits per heavy atom. The van der Waals surface area contributed by atoms with E-state index in [1.54, 1.807) is 12.2 Å². The molecule has 1 aliphatic heterocycles. The molecule has 0 spiro atoms. The standard InChI is InChI=1S/C33H39N3O2/c1-6-7-8-9-10-11-18-38-26-14-17-29(30(37)21-26)33-35-31(27-15-12-22(2)19-24(27)4)34-32(36-33)28-16-13-23(3)20-25(28)5/h12-17,19-21H,6-11,18H2,1-5H3,(H,34,35,36). The zero-order valence-electron chi connectivity index (χ0n) is 23.4. The van der Waals surface area contributed by atoms with Crippen LogP contribution in [0.4, 0.5) is 0 Å². The van der Waals surface area contributed by atoms with E-state index in [2.05, 4.69) is 76.3 Å². The number of ether oxygens (including phenoxy) is 1. The molecule has 4 rings (SSSR count). The molecule has 0 radical (unpaired) electrons. The normalized spacial score (nSPS) is 15.2. The van der Waals surface area contributed by atoms with E-state index in [1.165, 1.54) is 36.8 Å². The third-order valence-corrected chi connectivity index (χ3v) is 6.91. The van der Waals surface area contributed by atoms with Gasteiger partial charge in [-0.15, -0.1) is 0 Å². The van der Waals surface area contributed by atoms with E-state index in [1.807, 2.05) is 6.08 Å². The molecule has 0 atom stereocenters. The predicted octanol–water partition coefficient (Wildman–Crippen LogP) is 7.33. The Labute approximate surface area is 227 Å². The molecule has 0 saturated carbocycles. The lowest BCUT2D eigenvalue weighted by atomic mass is 10.0. The number of carbonyl (C=O) groups is 1. The summed E-state index contributed by atoms with van der Waals surface area (Å²) in [6, 6.07) is 12.5. The summed E-state index contributed by atoms with van der Waals surface area (Å²) in [7, 11) is 0. The topological polar surface area (TPSA) is 63.0 Å². The molecule has 38 heavy (non-hydrogen) atoms. The molecule has 0 fully saturated rings. The fourth-order valence-electron chi connectivity index (χ4n) is 4.79. The fourth-order valence-corrected chi connectivity index (χ4v) is 4.79. The average molecular weight is 510 g/mol. The number of hydrogen-bond donors (Lipinski definition) is 1. The van der Waals surface area contributed by atoms with Crippen molar-refractivity contribution in [3.05, 3.63) is 105 Å². The van der Waals surface area contributed by atoms with Crippen LogP contribution in [-0.4, -0.2) is 24.1 Å². The summed E-state index contributed by atoms with van der Waals surface area (Å²) >= 11 is 0. The molecule has 2 aromatic rings. The summed E-state index contributed by atoms with van der Waals surface area (Å²) < 4.78 is 5.88. The minimum Gasteiger partial charge on any atom is -0.493 e. The number of aliphatic imine (C=N–C) groups is 2. The molecule has 1 N–H and O–H groups in total. The van der Waals surface area contributed by atoms with Crippen molar-refractivity contribution in [3.8, 4) is 0 Å². The van der Waals surface area contributed by atoms with Gasteiger partial charge < -0.3 is 10.1 Å². The average Bonchev–Trinajstić information content (AvgIpc) is 2.88. The van der Waals surface area contributed by atoms with Gasteiger partial charge in [0, 0.05) is 17.2 Å². The monoisotopic (exact) mass is 509 g/mol. The number of rotatable bonds is 10. The largest absolute Gasteiger partial charge is 0.493 e. The lowest BCUT2D eigenvalue weighted by Gasteiger charge is -2.21. The highest BCUT2D eigenvalue weighted by molar-refractivity contribution is 6.18. The van der Waals surface area contributed by atoms with E-state index in [9.17, 15) is 4.79 Å². The summed E-state index contributed by atoms with van der Waals surface area (Å²) in [4.78, 5) is 22.9. The second kappa shape index (κ2) is 12.7. The van der Waals surface area contributed by atoms with E-state index in [0.29, 0.717) is 35.4 Å². The van der Waals surface area contributed by atoms with Crippen LogP contribution in [-0.2, 0) is 9.53 Å². The van der Waals surface area contributed by atoms with Crippen molar-refractivity contribution >= 4 is 17.5 Å². The van der Waals surface area contributed by atoms with E-state index in [-0.39, 0.29) is 5.78 Å². The molecule has 0 aromatic heterocycles. The number of amidine groups is 2. The van der Waals surface area contributed by atoms with Gasteiger partial charge in [-0.2, -0.15) is 0 Å². The van der Waals surface area contributed by atoms with Crippen molar-refractivity contribution in [2.75, 3.05) is 6.61 Å². The number of aryl methyl sites for hydroxylation is 4. The molecule has 5 heteroatoms. The van der Waals surface area contributed by atoms with E-state index < -0.39 is 0 Å². The summed E-state index contributed by atoms with van der Waals surface area (Å²) in [6.07, 6.45) is 12.4.